The summed E-state index contributed by atoms with van der Waals surface area (Å²) >= 11 is 2.44. The van der Waals surface area contributed by atoms with Crippen LogP contribution in [0.25, 0.3) is 0 Å². The van der Waals surface area contributed by atoms with Crippen molar-refractivity contribution in [2.75, 3.05) is 0 Å². The van der Waals surface area contributed by atoms with Crippen LogP contribution in [0.5, 0.6) is 0 Å². The van der Waals surface area contributed by atoms with Gasteiger partial charge in [-0.25, -0.2) is 0 Å². The van der Waals surface area contributed by atoms with Crippen LogP contribution < -0.4 is 0 Å². The van der Waals surface area contributed by atoms with Gasteiger partial charge in [0.1, 0.15) is 0 Å². The Morgan fingerprint density at radius 2 is 1.86 bits per heavy atom. The molecule has 3 nitrogen and oxygen atoms in total. The van der Waals surface area contributed by atoms with Gasteiger partial charge in [0.25, 0.3) is 5.69 Å². The molecule has 0 aliphatic heterocycles. The Morgan fingerprint density at radius 3 is 2.21 bits per heavy atom. The van der Waals surface area contributed by atoms with E-state index in [1.54, 1.807) is 0 Å². The first kappa shape index (κ1) is 11.4. The van der Waals surface area contributed by atoms with Crippen molar-refractivity contribution >= 4 is 33.4 Å². The van der Waals surface area contributed by atoms with E-state index in [9.17, 15) is 18.9 Å². The Kier molecular flexibility index (Phi) is 3.43. The van der Waals surface area contributed by atoms with Crippen molar-refractivity contribution in [2.24, 2.45) is 0 Å². The molecule has 0 heterocycles. The molecule has 0 aliphatic rings. The number of hydrogen-bond donors (Lipinski definition) is 0. The summed E-state index contributed by atoms with van der Waals surface area (Å²) in [5.74, 6) is 0. The Hall–Kier alpha value is -0.690. The van der Waals surface area contributed by atoms with E-state index in [0.29, 0.717) is 0 Å². The average molecular weight is 284 g/mol. The van der Waals surface area contributed by atoms with E-state index in [1.165, 1.54) is 24.3 Å². The maximum Gasteiger partial charge on any atom is 0.353 e. The molecule has 0 spiro atoms. The second-order valence-corrected chi connectivity index (χ2v) is 5.01. The van der Waals surface area contributed by atoms with Crippen molar-refractivity contribution in [1.82, 2.24) is 0 Å². The largest absolute Gasteiger partial charge is 0.353 e. The Bertz CT molecular complexity index is 339. The van der Waals surface area contributed by atoms with Crippen LogP contribution in [0.1, 0.15) is 0 Å². The fourth-order valence-corrected chi connectivity index (χ4v) is 1.87. The molecule has 14 heavy (non-hydrogen) atoms. The van der Waals surface area contributed by atoms with Crippen LogP contribution in [0.4, 0.5) is 14.5 Å². The molecule has 0 fully saturated rings. The summed E-state index contributed by atoms with van der Waals surface area (Å²) in [4.78, 5) is 9.92. The van der Waals surface area contributed by atoms with Gasteiger partial charge in [-0.1, -0.05) is 0 Å². The third-order valence-electron chi connectivity index (χ3n) is 1.28. The van der Waals surface area contributed by atoms with Crippen molar-refractivity contribution < 1.29 is 13.7 Å². The summed E-state index contributed by atoms with van der Waals surface area (Å²) in [5, 5.41) is 10.2. The zero-order valence-corrected chi connectivity index (χ0v) is 9.02. The lowest BCUT2D eigenvalue weighted by atomic mass is 10.3. The first-order valence-electron chi connectivity index (χ1n) is 3.39. The molecule has 0 amide bonds. The molecule has 76 valence electrons. The second kappa shape index (κ2) is 4.22. The topological polar surface area (TPSA) is 43.1 Å². The second-order valence-electron chi connectivity index (χ2n) is 2.30. The van der Waals surface area contributed by atoms with Gasteiger partial charge in [-0.15, -0.1) is 0 Å². The lowest BCUT2D eigenvalue weighted by molar-refractivity contribution is -0.384. The van der Waals surface area contributed by atoms with Crippen LogP contribution in [0.15, 0.2) is 29.2 Å². The van der Waals surface area contributed by atoms with E-state index >= 15 is 0 Å². The van der Waals surface area contributed by atoms with E-state index in [4.69, 9.17) is 0 Å². The number of hydrogen-bond acceptors (Lipinski definition) is 3. The van der Waals surface area contributed by atoms with Gasteiger partial charge in [0.2, 0.25) is 0 Å². The number of nitro benzene ring substituents is 1. The summed E-state index contributed by atoms with van der Waals surface area (Å²) in [5.41, 5.74) is -0.118. The third kappa shape index (κ3) is 3.59. The Morgan fingerprint density at radius 1 is 1.36 bits per heavy atom. The first-order chi connectivity index (χ1) is 6.38. The van der Waals surface area contributed by atoms with E-state index < -0.39 is 9.09 Å². The van der Waals surface area contributed by atoms with Gasteiger partial charge >= 0.3 is 4.16 Å². The van der Waals surface area contributed by atoms with E-state index in [-0.39, 0.29) is 22.3 Å². The number of nitrogens with zero attached hydrogens (tertiary/aromatic N) is 1. The number of halogens is 3. The van der Waals surface area contributed by atoms with Crippen molar-refractivity contribution in [3.05, 3.63) is 34.4 Å². The summed E-state index contributed by atoms with van der Waals surface area (Å²) in [6.07, 6.45) is 0. The summed E-state index contributed by atoms with van der Waals surface area (Å²) in [6, 6.07) is 4.91. The van der Waals surface area contributed by atoms with Crippen LogP contribution in [0.3, 0.4) is 0 Å². The SMILES string of the molecule is O=[N+]([O-])c1ccc(SC(F)(F)Br)cc1. The average Bonchev–Trinajstić information content (AvgIpc) is 2.02. The normalized spacial score (nSPS) is 11.4. The summed E-state index contributed by atoms with van der Waals surface area (Å²) in [7, 11) is 0. The summed E-state index contributed by atoms with van der Waals surface area (Å²) < 4.78 is 21.8. The highest BCUT2D eigenvalue weighted by Gasteiger charge is 2.25. The highest BCUT2D eigenvalue weighted by atomic mass is 79.9. The lowest BCUT2D eigenvalue weighted by Crippen LogP contribution is -1.96. The number of rotatable bonds is 3. The van der Waals surface area contributed by atoms with Crippen LogP contribution in [0, 0.1) is 10.1 Å². The van der Waals surface area contributed by atoms with Crippen molar-refractivity contribution in [3.63, 3.8) is 0 Å². The molecule has 0 unspecified atom stereocenters. The van der Waals surface area contributed by atoms with Crippen molar-refractivity contribution in [3.8, 4) is 0 Å². The van der Waals surface area contributed by atoms with Crippen molar-refractivity contribution in [1.29, 1.82) is 0 Å². The quantitative estimate of drug-likeness (QED) is 0.368. The molecule has 0 N–H and O–H groups in total. The molecule has 0 radical (unpaired) electrons. The third-order valence-corrected chi connectivity index (χ3v) is 2.51. The van der Waals surface area contributed by atoms with Gasteiger partial charge in [-0.3, -0.25) is 10.1 Å². The molecule has 7 heteroatoms. The molecule has 0 saturated heterocycles. The van der Waals surface area contributed by atoms with Gasteiger partial charge in [0.05, 0.1) is 4.92 Å². The van der Waals surface area contributed by atoms with Crippen LogP contribution >= 0.6 is 27.7 Å². The lowest BCUT2D eigenvalue weighted by Gasteiger charge is -2.06. The molecule has 1 aromatic rings. The van der Waals surface area contributed by atoms with E-state index in [2.05, 4.69) is 15.9 Å². The van der Waals surface area contributed by atoms with E-state index in [0.717, 1.165) is 0 Å². The maximum absolute atomic E-state index is 12.4. The minimum absolute atomic E-state index is 0.118. The molecular weight excluding hydrogens is 280 g/mol. The molecule has 0 aromatic heterocycles. The van der Waals surface area contributed by atoms with E-state index in [1.807, 2.05) is 0 Å². The van der Waals surface area contributed by atoms with Gasteiger partial charge in [-0.05, 0) is 23.9 Å². The molecule has 0 aliphatic carbocycles. The Labute approximate surface area is 90.8 Å². The Balaban J connectivity index is 2.79. The first-order valence-corrected chi connectivity index (χ1v) is 4.99. The number of non-ortho nitro benzene ring substituents is 1. The zero-order valence-electron chi connectivity index (χ0n) is 6.62. The fraction of sp³-hybridized carbons (Fsp3) is 0.143. The number of thioether (sulfide) groups is 1. The standard InChI is InChI=1S/C7H4BrF2NO2S/c8-7(9,10)14-6-3-1-5(2-4-6)11(12)13/h1-4H. The number of benzene rings is 1. The monoisotopic (exact) mass is 283 g/mol. The number of alkyl halides is 3. The van der Waals surface area contributed by atoms with Crippen molar-refractivity contribution in [2.45, 2.75) is 9.06 Å². The fourth-order valence-electron chi connectivity index (χ4n) is 0.770. The van der Waals surface area contributed by atoms with Gasteiger partial charge in [0, 0.05) is 33.0 Å². The van der Waals surface area contributed by atoms with Gasteiger partial charge in [-0.2, -0.15) is 8.78 Å². The molecule has 0 saturated carbocycles. The minimum Gasteiger partial charge on any atom is -0.258 e. The predicted octanol–water partition coefficient (Wildman–Crippen LogP) is 3.63. The van der Waals surface area contributed by atoms with Crippen LogP contribution in [0.2, 0.25) is 0 Å². The highest BCUT2D eigenvalue weighted by Crippen LogP contribution is 2.40. The van der Waals surface area contributed by atoms with Crippen LogP contribution in [-0.2, 0) is 0 Å². The maximum atomic E-state index is 12.4. The smallest absolute Gasteiger partial charge is 0.258 e. The molecule has 0 bridgehead atoms. The highest BCUT2D eigenvalue weighted by molar-refractivity contribution is 9.11. The van der Waals surface area contributed by atoms with Gasteiger partial charge < -0.3 is 0 Å². The number of nitro groups is 1. The van der Waals surface area contributed by atoms with Gasteiger partial charge in [0.15, 0.2) is 0 Å². The summed E-state index contributed by atoms with van der Waals surface area (Å²) in [6.45, 7) is 0. The predicted molar refractivity (Wildman–Crippen MR) is 52.8 cm³/mol. The molecule has 1 aromatic carbocycles. The zero-order chi connectivity index (χ0) is 10.8. The van der Waals surface area contributed by atoms with Crippen LogP contribution in [-0.4, -0.2) is 9.09 Å². The molecule has 1 rings (SSSR count). The molecule has 0 atom stereocenters. The minimum atomic E-state index is -3.05. The molecular formula is C7H4BrF2NO2S.